The van der Waals surface area contributed by atoms with E-state index in [1.54, 1.807) is 0 Å². The molecule has 0 aliphatic carbocycles. The molecule has 68 valence electrons. The molecule has 0 aromatic carbocycles. The number of hydrogen-bond donors (Lipinski definition) is 1. The molecule has 0 saturated carbocycles. The van der Waals surface area contributed by atoms with Gasteiger partial charge in [0.25, 0.3) is 0 Å². The van der Waals surface area contributed by atoms with E-state index >= 15 is 0 Å². The van der Waals surface area contributed by atoms with E-state index in [-0.39, 0.29) is 0 Å². The Hall–Kier alpha value is -0.0800. The molecule has 3 rings (SSSR count). The zero-order valence-electron chi connectivity index (χ0n) is 7.63. The lowest BCUT2D eigenvalue weighted by atomic mass is 9.89. The quantitative estimate of drug-likeness (QED) is 0.573. The number of rotatable bonds is 0. The molecule has 0 spiro atoms. The Labute approximate surface area is 74.3 Å². The Bertz CT molecular complexity index is 145. The van der Waals surface area contributed by atoms with E-state index in [0.717, 1.165) is 18.0 Å². The summed E-state index contributed by atoms with van der Waals surface area (Å²) in [6, 6.07) is 1.82. The van der Waals surface area contributed by atoms with Gasteiger partial charge in [-0.05, 0) is 44.7 Å². The molecule has 3 aliphatic rings. The molecule has 0 aromatic heterocycles. The van der Waals surface area contributed by atoms with Crippen LogP contribution in [0.4, 0.5) is 0 Å². The summed E-state index contributed by atoms with van der Waals surface area (Å²) in [6.07, 6.45) is 5.77. The van der Waals surface area contributed by atoms with E-state index in [4.69, 9.17) is 0 Å². The molecule has 3 atom stereocenters. The van der Waals surface area contributed by atoms with Crippen LogP contribution in [0.3, 0.4) is 0 Å². The van der Waals surface area contributed by atoms with Crippen LogP contribution < -0.4 is 5.32 Å². The van der Waals surface area contributed by atoms with E-state index in [1.165, 1.54) is 45.3 Å². The summed E-state index contributed by atoms with van der Waals surface area (Å²) < 4.78 is 0. The SMILES string of the molecule is C1CC2CC3NCCC3CN2C1. The van der Waals surface area contributed by atoms with Crippen LogP contribution in [0.15, 0.2) is 0 Å². The van der Waals surface area contributed by atoms with Gasteiger partial charge in [-0.3, -0.25) is 4.90 Å². The van der Waals surface area contributed by atoms with Crippen LogP contribution >= 0.6 is 0 Å². The maximum Gasteiger partial charge on any atom is 0.0123 e. The van der Waals surface area contributed by atoms with Crippen LogP contribution in [0.2, 0.25) is 0 Å². The molecular weight excluding hydrogens is 148 g/mol. The Balaban J connectivity index is 1.75. The molecule has 2 heteroatoms. The predicted molar refractivity (Wildman–Crippen MR) is 49.1 cm³/mol. The van der Waals surface area contributed by atoms with E-state index < -0.39 is 0 Å². The van der Waals surface area contributed by atoms with Crippen LogP contribution in [0, 0.1) is 5.92 Å². The molecule has 3 heterocycles. The first-order chi connectivity index (χ1) is 5.93. The van der Waals surface area contributed by atoms with Crippen molar-refractivity contribution >= 4 is 0 Å². The van der Waals surface area contributed by atoms with Gasteiger partial charge < -0.3 is 5.32 Å². The minimum atomic E-state index is 0.879. The highest BCUT2D eigenvalue weighted by molar-refractivity contribution is 4.96. The minimum Gasteiger partial charge on any atom is -0.314 e. The highest BCUT2D eigenvalue weighted by atomic mass is 15.2. The van der Waals surface area contributed by atoms with Gasteiger partial charge in [0.1, 0.15) is 0 Å². The fraction of sp³-hybridized carbons (Fsp3) is 1.00. The van der Waals surface area contributed by atoms with Crippen molar-refractivity contribution in [2.24, 2.45) is 5.92 Å². The van der Waals surface area contributed by atoms with Gasteiger partial charge in [0.15, 0.2) is 0 Å². The normalized spacial score (nSPS) is 47.5. The molecule has 3 aliphatic heterocycles. The third kappa shape index (κ3) is 1.01. The van der Waals surface area contributed by atoms with E-state index in [0.29, 0.717) is 0 Å². The maximum absolute atomic E-state index is 3.64. The summed E-state index contributed by atoms with van der Waals surface area (Å²) in [7, 11) is 0. The fourth-order valence-corrected chi connectivity index (χ4v) is 3.31. The minimum absolute atomic E-state index is 0.879. The van der Waals surface area contributed by atoms with Crippen molar-refractivity contribution in [1.29, 1.82) is 0 Å². The lowest BCUT2D eigenvalue weighted by Crippen LogP contribution is -2.47. The molecule has 0 aromatic rings. The summed E-state index contributed by atoms with van der Waals surface area (Å²) >= 11 is 0. The molecule has 0 amide bonds. The Morgan fingerprint density at radius 3 is 3.25 bits per heavy atom. The topological polar surface area (TPSA) is 15.3 Å². The van der Waals surface area contributed by atoms with Crippen molar-refractivity contribution in [3.8, 4) is 0 Å². The van der Waals surface area contributed by atoms with Gasteiger partial charge in [0, 0.05) is 18.6 Å². The highest BCUT2D eigenvalue weighted by Gasteiger charge is 2.39. The first-order valence-electron chi connectivity index (χ1n) is 5.41. The summed E-state index contributed by atoms with van der Waals surface area (Å²) in [6.45, 7) is 4.05. The second-order valence-electron chi connectivity index (χ2n) is 4.64. The average molecular weight is 166 g/mol. The summed E-state index contributed by atoms with van der Waals surface area (Å²) in [5.41, 5.74) is 0. The van der Waals surface area contributed by atoms with Crippen molar-refractivity contribution in [1.82, 2.24) is 10.2 Å². The van der Waals surface area contributed by atoms with Crippen LogP contribution in [0.5, 0.6) is 0 Å². The smallest absolute Gasteiger partial charge is 0.0123 e. The van der Waals surface area contributed by atoms with E-state index in [2.05, 4.69) is 10.2 Å². The largest absolute Gasteiger partial charge is 0.314 e. The van der Waals surface area contributed by atoms with Crippen molar-refractivity contribution in [3.05, 3.63) is 0 Å². The van der Waals surface area contributed by atoms with Gasteiger partial charge >= 0.3 is 0 Å². The van der Waals surface area contributed by atoms with Crippen molar-refractivity contribution < 1.29 is 0 Å². The number of nitrogens with zero attached hydrogens (tertiary/aromatic N) is 1. The molecular formula is C10H18N2. The molecule has 3 fully saturated rings. The van der Waals surface area contributed by atoms with Crippen molar-refractivity contribution in [2.45, 2.75) is 37.8 Å². The predicted octanol–water partition coefficient (Wildman–Crippen LogP) is 0.833. The molecule has 0 radical (unpaired) electrons. The Kier molecular flexibility index (Phi) is 1.66. The second kappa shape index (κ2) is 2.71. The van der Waals surface area contributed by atoms with Crippen molar-refractivity contribution in [2.75, 3.05) is 19.6 Å². The second-order valence-corrected chi connectivity index (χ2v) is 4.64. The van der Waals surface area contributed by atoms with Crippen LogP contribution in [-0.2, 0) is 0 Å². The van der Waals surface area contributed by atoms with Crippen LogP contribution in [-0.4, -0.2) is 36.6 Å². The zero-order valence-corrected chi connectivity index (χ0v) is 7.63. The van der Waals surface area contributed by atoms with Gasteiger partial charge in [-0.1, -0.05) is 0 Å². The summed E-state index contributed by atoms with van der Waals surface area (Å²) in [5, 5.41) is 3.64. The first-order valence-corrected chi connectivity index (χ1v) is 5.41. The molecule has 3 saturated heterocycles. The standard InChI is InChI=1S/C10H18N2/c1-2-9-6-10-8(3-4-11-10)7-12(9)5-1/h8-11H,1-7H2. The van der Waals surface area contributed by atoms with Gasteiger partial charge in [-0.15, -0.1) is 0 Å². The number of piperidine rings is 1. The third-order valence-corrected chi connectivity index (χ3v) is 3.98. The van der Waals surface area contributed by atoms with Crippen LogP contribution in [0.25, 0.3) is 0 Å². The van der Waals surface area contributed by atoms with Gasteiger partial charge in [0.05, 0.1) is 0 Å². The number of nitrogens with one attached hydrogen (secondary N) is 1. The van der Waals surface area contributed by atoms with Gasteiger partial charge in [-0.2, -0.15) is 0 Å². The molecule has 0 bridgehead atoms. The highest BCUT2D eigenvalue weighted by Crippen LogP contribution is 2.33. The molecule has 12 heavy (non-hydrogen) atoms. The van der Waals surface area contributed by atoms with Gasteiger partial charge in [-0.25, -0.2) is 0 Å². The summed E-state index contributed by atoms with van der Waals surface area (Å²) in [5.74, 6) is 0.986. The average Bonchev–Trinajstić information content (AvgIpc) is 2.64. The van der Waals surface area contributed by atoms with E-state index in [9.17, 15) is 0 Å². The maximum atomic E-state index is 3.64. The van der Waals surface area contributed by atoms with Crippen LogP contribution in [0.1, 0.15) is 25.7 Å². The molecule has 2 nitrogen and oxygen atoms in total. The van der Waals surface area contributed by atoms with E-state index in [1.807, 2.05) is 0 Å². The van der Waals surface area contributed by atoms with Crippen molar-refractivity contribution in [3.63, 3.8) is 0 Å². The van der Waals surface area contributed by atoms with Gasteiger partial charge in [0.2, 0.25) is 0 Å². The zero-order chi connectivity index (χ0) is 7.97. The fourth-order valence-electron chi connectivity index (χ4n) is 3.31. The lowest BCUT2D eigenvalue weighted by molar-refractivity contribution is 0.135. The number of fused-ring (bicyclic) bond motifs is 2. The molecule has 1 N–H and O–H groups in total. The summed E-state index contributed by atoms with van der Waals surface area (Å²) in [4.78, 5) is 2.73. The first kappa shape index (κ1) is 7.34. The third-order valence-electron chi connectivity index (χ3n) is 3.98. The number of hydrogen-bond acceptors (Lipinski definition) is 2. The Morgan fingerprint density at radius 1 is 1.25 bits per heavy atom. The monoisotopic (exact) mass is 166 g/mol. The molecule has 3 unspecified atom stereocenters. The lowest BCUT2D eigenvalue weighted by Gasteiger charge is -2.37. The Morgan fingerprint density at radius 2 is 2.25 bits per heavy atom.